The molecule has 1 aliphatic heterocycles. The fourth-order valence-electron chi connectivity index (χ4n) is 4.53. The number of aliphatic imine (C=N–C) groups is 1. The number of halogens is 3. The zero-order valence-electron chi connectivity index (χ0n) is 21.9. The summed E-state index contributed by atoms with van der Waals surface area (Å²) in [6.07, 6.45) is -5.37. The summed E-state index contributed by atoms with van der Waals surface area (Å²) in [5, 5.41) is 14.6. The number of carbonyl (C=O) groups is 1. The van der Waals surface area contributed by atoms with Crippen LogP contribution in [0.4, 0.5) is 13.2 Å². The lowest BCUT2D eigenvalue weighted by Gasteiger charge is -2.31. The van der Waals surface area contributed by atoms with Gasteiger partial charge in [0.05, 0.1) is 13.2 Å². The van der Waals surface area contributed by atoms with Crippen LogP contribution in [-0.4, -0.2) is 48.4 Å². The second-order valence-electron chi connectivity index (χ2n) is 9.33. The van der Waals surface area contributed by atoms with E-state index in [9.17, 15) is 18.0 Å². The molecule has 214 valence electrons. The first-order valence-corrected chi connectivity index (χ1v) is 12.8. The molecule has 0 unspecified atom stereocenters. The van der Waals surface area contributed by atoms with Crippen molar-refractivity contribution in [3.05, 3.63) is 112 Å². The monoisotopic (exact) mass is 567 g/mol. The molecule has 0 spiro atoms. The molecule has 0 radical (unpaired) electrons. The molecule has 0 saturated heterocycles. The Bertz CT molecular complexity index is 1410. The average Bonchev–Trinajstić information content (AvgIpc) is 3.36. The highest BCUT2D eigenvalue weighted by Gasteiger charge is 2.54. The number of azide groups is 1. The van der Waals surface area contributed by atoms with Crippen molar-refractivity contribution < 1.29 is 32.5 Å². The zero-order valence-corrected chi connectivity index (χ0v) is 21.9. The minimum Gasteiger partial charge on any atom is -0.494 e. The quantitative estimate of drug-likeness (QED) is 0.131. The number of nitrogens with one attached hydrogen (secondary N) is 1. The van der Waals surface area contributed by atoms with Crippen molar-refractivity contribution >= 4 is 11.8 Å². The third kappa shape index (κ3) is 7.36. The highest BCUT2D eigenvalue weighted by molar-refractivity contribution is 6.01. The number of aliphatic hydroxyl groups is 1. The van der Waals surface area contributed by atoms with Crippen LogP contribution < -0.4 is 10.1 Å². The molecule has 0 aliphatic carbocycles. The molecule has 0 aromatic heterocycles. The summed E-state index contributed by atoms with van der Waals surface area (Å²) in [4.78, 5) is 21.3. The second-order valence-corrected chi connectivity index (χ2v) is 9.33. The van der Waals surface area contributed by atoms with E-state index in [0.717, 1.165) is 0 Å². The van der Waals surface area contributed by atoms with E-state index in [-0.39, 0.29) is 25.5 Å². The van der Waals surface area contributed by atoms with Gasteiger partial charge in [0.1, 0.15) is 12.3 Å². The molecule has 0 fully saturated rings. The summed E-state index contributed by atoms with van der Waals surface area (Å²) < 4.78 is 51.5. The molecule has 3 aromatic rings. The van der Waals surface area contributed by atoms with Crippen molar-refractivity contribution in [2.24, 2.45) is 10.1 Å². The molecule has 9 nitrogen and oxygen atoms in total. The molecule has 2 N–H and O–H groups in total. The number of rotatable bonds is 12. The molecular formula is C29H28F3N5O4. The van der Waals surface area contributed by atoms with Gasteiger partial charge in [0, 0.05) is 29.9 Å². The van der Waals surface area contributed by atoms with Crippen LogP contribution in [0, 0.1) is 0 Å². The fraction of sp³-hybridized carbons (Fsp3) is 0.310. The maximum Gasteiger partial charge on any atom is 0.405 e. The molecule has 41 heavy (non-hydrogen) atoms. The largest absolute Gasteiger partial charge is 0.494 e. The normalized spacial score (nSPS) is 18.1. The Kier molecular flexibility index (Phi) is 9.49. The van der Waals surface area contributed by atoms with Crippen molar-refractivity contribution in [3.8, 4) is 5.75 Å². The van der Waals surface area contributed by atoms with Gasteiger partial charge in [-0.25, -0.2) is 4.99 Å². The van der Waals surface area contributed by atoms with Crippen molar-refractivity contribution in [2.45, 2.75) is 37.2 Å². The summed E-state index contributed by atoms with van der Waals surface area (Å²) in [7, 11) is 0. The molecule has 1 aliphatic rings. The second kappa shape index (κ2) is 13.2. The van der Waals surface area contributed by atoms with E-state index in [1.807, 2.05) is 5.32 Å². The third-order valence-electron chi connectivity index (χ3n) is 6.46. The average molecular weight is 568 g/mol. The summed E-state index contributed by atoms with van der Waals surface area (Å²) >= 11 is 0. The third-order valence-corrected chi connectivity index (χ3v) is 6.46. The molecule has 2 atom stereocenters. The van der Waals surface area contributed by atoms with Crippen LogP contribution in [0.3, 0.4) is 0 Å². The van der Waals surface area contributed by atoms with Crippen molar-refractivity contribution in [1.29, 1.82) is 0 Å². The Morgan fingerprint density at radius 1 is 1.07 bits per heavy atom. The highest BCUT2D eigenvalue weighted by Crippen LogP contribution is 2.43. The number of alkyl halides is 3. The SMILES string of the molecule is [N-]=[N+]=NCc1ccccc1C[C@@]1(C(=O)NCC(F)(F)F)N=C(c2ccc(OCCCO)cc2)O[C@@H]1c1ccccc1. The van der Waals surface area contributed by atoms with E-state index in [4.69, 9.17) is 25.1 Å². The van der Waals surface area contributed by atoms with Gasteiger partial charge in [-0.05, 0) is 46.5 Å². The molecule has 1 heterocycles. The standard InChI is InChI=1S/C29H28F3N5O4/c30-29(31,32)19-34-27(39)28(17-22-9-4-5-10-23(22)18-35-37-33)25(20-7-2-1-3-8-20)41-26(36-28)21-11-13-24(14-12-21)40-16-6-15-38/h1-5,7-14,25,38H,6,15-19H2,(H,34,39)/t25-,28-/m1/s1. The Labute approximate surface area is 234 Å². The Morgan fingerprint density at radius 2 is 1.76 bits per heavy atom. The lowest BCUT2D eigenvalue weighted by atomic mass is 9.81. The first-order chi connectivity index (χ1) is 19.8. The van der Waals surface area contributed by atoms with E-state index in [2.05, 4.69) is 10.0 Å². The van der Waals surface area contributed by atoms with Gasteiger partial charge < -0.3 is 19.9 Å². The van der Waals surface area contributed by atoms with Crippen LogP contribution in [0.1, 0.15) is 34.8 Å². The number of benzene rings is 3. The van der Waals surface area contributed by atoms with E-state index in [1.165, 1.54) is 0 Å². The van der Waals surface area contributed by atoms with Crippen molar-refractivity contribution in [3.63, 3.8) is 0 Å². The maximum absolute atomic E-state index is 13.8. The van der Waals surface area contributed by atoms with Crippen LogP contribution in [-0.2, 0) is 22.5 Å². The van der Waals surface area contributed by atoms with Gasteiger partial charge in [-0.15, -0.1) is 0 Å². The number of ether oxygens (including phenoxy) is 2. The Morgan fingerprint density at radius 3 is 2.41 bits per heavy atom. The van der Waals surface area contributed by atoms with Gasteiger partial charge in [-0.2, -0.15) is 13.2 Å². The van der Waals surface area contributed by atoms with Crippen LogP contribution in [0.25, 0.3) is 10.4 Å². The molecule has 0 bridgehead atoms. The van der Waals surface area contributed by atoms with Crippen LogP contribution in [0.5, 0.6) is 5.75 Å². The lowest BCUT2D eigenvalue weighted by molar-refractivity contribution is -0.143. The molecule has 0 saturated carbocycles. The molecule has 12 heteroatoms. The number of hydrogen-bond acceptors (Lipinski definition) is 6. The van der Waals surface area contributed by atoms with Crippen LogP contribution in [0.2, 0.25) is 0 Å². The summed E-state index contributed by atoms with van der Waals surface area (Å²) in [5.41, 5.74) is 9.23. The number of amides is 1. The number of carbonyl (C=O) groups excluding carboxylic acids is 1. The van der Waals surface area contributed by atoms with Gasteiger partial charge in [-0.1, -0.05) is 59.7 Å². The highest BCUT2D eigenvalue weighted by atomic mass is 19.4. The van der Waals surface area contributed by atoms with Crippen LogP contribution in [0.15, 0.2) is 89.0 Å². The van der Waals surface area contributed by atoms with Crippen molar-refractivity contribution in [2.75, 3.05) is 19.8 Å². The van der Waals surface area contributed by atoms with Gasteiger partial charge in [0.25, 0.3) is 5.91 Å². The summed E-state index contributed by atoms with van der Waals surface area (Å²) in [6.45, 7) is -1.24. The number of aliphatic hydroxyl groups excluding tert-OH is 1. The number of hydrogen-bond donors (Lipinski definition) is 2. The van der Waals surface area contributed by atoms with Crippen molar-refractivity contribution in [1.82, 2.24) is 5.32 Å². The Hall–Kier alpha value is -4.54. The molecular weight excluding hydrogens is 539 g/mol. The predicted octanol–water partition coefficient (Wildman–Crippen LogP) is 5.44. The molecule has 4 rings (SSSR count). The van der Waals surface area contributed by atoms with E-state index >= 15 is 0 Å². The maximum atomic E-state index is 13.8. The van der Waals surface area contributed by atoms with E-state index < -0.39 is 30.3 Å². The zero-order chi connectivity index (χ0) is 29.3. The van der Waals surface area contributed by atoms with Gasteiger partial charge in [-0.3, -0.25) is 4.79 Å². The Balaban J connectivity index is 1.81. The first kappa shape index (κ1) is 29.4. The fourth-order valence-corrected chi connectivity index (χ4v) is 4.53. The smallest absolute Gasteiger partial charge is 0.405 e. The molecule has 3 aromatic carbocycles. The van der Waals surface area contributed by atoms with E-state index in [0.29, 0.717) is 41.0 Å². The lowest BCUT2D eigenvalue weighted by Crippen LogP contribution is -2.52. The molecule has 1 amide bonds. The van der Waals surface area contributed by atoms with Gasteiger partial charge >= 0.3 is 6.18 Å². The summed E-state index contributed by atoms with van der Waals surface area (Å²) in [5.74, 6) is -0.335. The van der Waals surface area contributed by atoms with Crippen LogP contribution >= 0.6 is 0 Å². The summed E-state index contributed by atoms with van der Waals surface area (Å²) in [6, 6.07) is 22.3. The first-order valence-electron chi connectivity index (χ1n) is 12.8. The number of nitrogens with zero attached hydrogens (tertiary/aromatic N) is 4. The predicted molar refractivity (Wildman–Crippen MR) is 145 cm³/mol. The van der Waals surface area contributed by atoms with Gasteiger partial charge in [0.2, 0.25) is 5.90 Å². The minimum atomic E-state index is -4.64. The minimum absolute atomic E-state index is 0.00587. The van der Waals surface area contributed by atoms with Gasteiger partial charge in [0.15, 0.2) is 11.6 Å². The van der Waals surface area contributed by atoms with E-state index in [1.54, 1.807) is 78.9 Å². The topological polar surface area (TPSA) is 129 Å².